The predicted octanol–water partition coefficient (Wildman–Crippen LogP) is 7.78. The number of H-pyrrole nitrogens is 1. The van der Waals surface area contributed by atoms with Gasteiger partial charge in [0.05, 0.1) is 46.9 Å². The molecule has 2 aromatic carbocycles. The number of hydrogen-bond donors (Lipinski definition) is 1. The molecule has 4 fully saturated rings. The quantitative estimate of drug-likeness (QED) is 0.234. The molecule has 4 aromatic rings. The summed E-state index contributed by atoms with van der Waals surface area (Å²) in [6, 6.07) is 12.9. The van der Waals surface area contributed by atoms with Crippen molar-refractivity contribution in [3.05, 3.63) is 60.2 Å². The average Bonchev–Trinajstić information content (AvgIpc) is 3.67. The fraction of sp³-hybridized carbons (Fsp3) is 0.487. The number of aliphatic imine (C=N–C) groups is 1. The van der Waals surface area contributed by atoms with Crippen LogP contribution in [-0.2, 0) is 15.9 Å². The van der Waals surface area contributed by atoms with Gasteiger partial charge in [0.15, 0.2) is 0 Å². The third-order valence-electron chi connectivity index (χ3n) is 10.6. The van der Waals surface area contributed by atoms with Gasteiger partial charge in [-0.1, -0.05) is 12.1 Å². The van der Waals surface area contributed by atoms with Gasteiger partial charge in [0, 0.05) is 24.2 Å². The Hall–Kier alpha value is -4.80. The number of amides is 2. The fourth-order valence-corrected chi connectivity index (χ4v) is 8.16. The molecule has 9 rings (SSSR count). The Balaban J connectivity index is 0.907. The number of rotatable bonds is 4. The number of benzene rings is 2. The van der Waals surface area contributed by atoms with Crippen LogP contribution in [0.25, 0.3) is 33.5 Å². The number of piperidine rings is 2. The van der Waals surface area contributed by atoms with E-state index >= 15 is 0 Å². The molecule has 5 heterocycles. The molecule has 3 aliphatic heterocycles. The number of hydrogen-bond acceptors (Lipinski definition) is 8. The lowest BCUT2D eigenvalue weighted by atomic mass is 9.98. The van der Waals surface area contributed by atoms with Crippen LogP contribution in [-0.4, -0.2) is 77.0 Å². The van der Waals surface area contributed by atoms with Crippen molar-refractivity contribution in [3.8, 4) is 22.5 Å². The van der Waals surface area contributed by atoms with Gasteiger partial charge in [-0.25, -0.2) is 19.6 Å². The maximum Gasteiger partial charge on any atom is 0.411 e. The highest BCUT2D eigenvalue weighted by Crippen LogP contribution is 2.53. The Labute approximate surface area is 291 Å². The molecular formula is C39H43N7O4. The highest BCUT2D eigenvalue weighted by Gasteiger charge is 2.57. The summed E-state index contributed by atoms with van der Waals surface area (Å²) in [6.45, 7) is 11.4. The van der Waals surface area contributed by atoms with Crippen LogP contribution in [0.1, 0.15) is 84.7 Å². The van der Waals surface area contributed by atoms with Crippen LogP contribution in [0.5, 0.6) is 0 Å². The van der Waals surface area contributed by atoms with Gasteiger partial charge in [0.25, 0.3) is 0 Å². The first kappa shape index (κ1) is 31.2. The number of nitrogens with one attached hydrogen (secondary N) is 1. The topological polar surface area (TPSA) is 126 Å². The van der Waals surface area contributed by atoms with E-state index < -0.39 is 11.2 Å². The summed E-state index contributed by atoms with van der Waals surface area (Å²) >= 11 is 0. The molecule has 258 valence electrons. The van der Waals surface area contributed by atoms with Crippen LogP contribution < -0.4 is 0 Å². The molecule has 50 heavy (non-hydrogen) atoms. The van der Waals surface area contributed by atoms with Gasteiger partial charge in [0.2, 0.25) is 0 Å². The largest absolute Gasteiger partial charge is 0.444 e. The zero-order valence-corrected chi connectivity index (χ0v) is 29.4. The smallest absolute Gasteiger partial charge is 0.411 e. The fourth-order valence-electron chi connectivity index (χ4n) is 8.16. The van der Waals surface area contributed by atoms with Gasteiger partial charge in [-0.05, 0) is 120 Å². The van der Waals surface area contributed by atoms with Crippen molar-refractivity contribution in [3.63, 3.8) is 0 Å². The van der Waals surface area contributed by atoms with Crippen LogP contribution in [0.4, 0.5) is 15.3 Å². The van der Waals surface area contributed by atoms with Crippen molar-refractivity contribution in [2.45, 2.75) is 109 Å². The summed E-state index contributed by atoms with van der Waals surface area (Å²) in [7, 11) is 0. The maximum absolute atomic E-state index is 13.1. The zero-order chi connectivity index (χ0) is 34.7. The number of ether oxygens (including phenoxy) is 2. The number of likely N-dealkylation sites (tertiary alicyclic amines) is 2. The van der Waals surface area contributed by atoms with Crippen LogP contribution in [0.15, 0.2) is 53.8 Å². The molecule has 5 aliphatic rings. The van der Waals surface area contributed by atoms with E-state index in [9.17, 15) is 9.59 Å². The Bertz CT molecular complexity index is 2090. The zero-order valence-electron chi connectivity index (χ0n) is 29.4. The molecule has 0 bridgehead atoms. The SMILES string of the molecule is CC(C)(C)OC(=O)N1[C@@H]2C[C@@H]2C[C@H]1C1=Nc2ccc(-c3ccc4nc(-c5cnc([C@@H]6C[C@H]7C[C@H]7N6C(=O)OC(C)(C)C)[nH]5)cnc4c3)cc2C1. The van der Waals surface area contributed by atoms with E-state index in [1.807, 2.05) is 57.4 Å². The second-order valence-corrected chi connectivity index (χ2v) is 16.7. The number of nitrogens with zero attached hydrogens (tertiary/aromatic N) is 6. The van der Waals surface area contributed by atoms with Gasteiger partial charge >= 0.3 is 12.2 Å². The molecule has 0 radical (unpaired) electrons. The number of aromatic nitrogens is 4. The lowest BCUT2D eigenvalue weighted by Gasteiger charge is -2.30. The number of carbonyl (C=O) groups excluding carboxylic acids is 2. The molecule has 1 N–H and O–H groups in total. The van der Waals surface area contributed by atoms with Crippen molar-refractivity contribution in [1.82, 2.24) is 29.7 Å². The van der Waals surface area contributed by atoms with Crippen LogP contribution in [0.3, 0.4) is 0 Å². The summed E-state index contributed by atoms with van der Waals surface area (Å²) in [6.07, 6.45) is 7.70. The van der Waals surface area contributed by atoms with Gasteiger partial charge in [0.1, 0.15) is 22.7 Å². The normalized spacial score (nSPS) is 26.4. The Morgan fingerprint density at radius 1 is 0.760 bits per heavy atom. The molecule has 11 nitrogen and oxygen atoms in total. The summed E-state index contributed by atoms with van der Waals surface area (Å²) in [5.74, 6) is 1.81. The minimum absolute atomic E-state index is 0.00627. The molecule has 11 heteroatoms. The average molecular weight is 674 g/mol. The molecule has 6 atom stereocenters. The number of carbonyl (C=O) groups is 2. The molecule has 2 aliphatic carbocycles. The minimum Gasteiger partial charge on any atom is -0.444 e. The van der Waals surface area contributed by atoms with Gasteiger partial charge < -0.3 is 14.5 Å². The molecule has 0 unspecified atom stereocenters. The molecule has 2 aromatic heterocycles. The van der Waals surface area contributed by atoms with Crippen molar-refractivity contribution in [1.29, 1.82) is 0 Å². The summed E-state index contributed by atoms with van der Waals surface area (Å²) in [5.41, 5.74) is 7.31. The first-order chi connectivity index (χ1) is 23.8. The predicted molar refractivity (Wildman–Crippen MR) is 189 cm³/mol. The Morgan fingerprint density at radius 2 is 1.40 bits per heavy atom. The van der Waals surface area contributed by atoms with Crippen molar-refractivity contribution < 1.29 is 19.1 Å². The highest BCUT2D eigenvalue weighted by molar-refractivity contribution is 6.00. The Morgan fingerprint density at radius 3 is 2.10 bits per heavy atom. The lowest BCUT2D eigenvalue weighted by Crippen LogP contribution is -2.45. The van der Waals surface area contributed by atoms with Crippen molar-refractivity contribution >= 4 is 34.6 Å². The van der Waals surface area contributed by atoms with Crippen LogP contribution in [0, 0.1) is 11.8 Å². The second-order valence-electron chi connectivity index (χ2n) is 16.7. The number of aromatic amines is 1. The Kier molecular flexibility index (Phi) is 6.77. The molecule has 2 saturated heterocycles. The van der Waals surface area contributed by atoms with Gasteiger partial charge in [-0.2, -0.15) is 0 Å². The number of fused-ring (bicyclic) bond motifs is 4. The second kappa shape index (κ2) is 10.8. The molecular weight excluding hydrogens is 630 g/mol. The summed E-state index contributed by atoms with van der Waals surface area (Å²) < 4.78 is 11.5. The van der Waals surface area contributed by atoms with Crippen LogP contribution >= 0.6 is 0 Å². The third kappa shape index (κ3) is 5.60. The molecule has 2 amide bonds. The van der Waals surface area contributed by atoms with E-state index in [-0.39, 0.29) is 36.4 Å². The lowest BCUT2D eigenvalue weighted by molar-refractivity contribution is 0.0173. The van der Waals surface area contributed by atoms with Gasteiger partial charge in [-0.3, -0.25) is 19.8 Å². The van der Waals surface area contributed by atoms with E-state index in [1.165, 1.54) is 5.56 Å². The van der Waals surface area contributed by atoms with Crippen molar-refractivity contribution in [2.75, 3.05) is 0 Å². The summed E-state index contributed by atoms with van der Waals surface area (Å²) in [5, 5.41) is 0. The standard InChI is InChI=1S/C39H43N7O4/c1-38(2,3)49-36(47)45-31-14-23(31)16-33(45)28-13-22-11-20(7-9-25(22)42-28)21-8-10-26-27(12-21)40-18-29(43-26)30-19-41-35(44-30)34-17-24-15-32(24)46(34)37(48)50-39(4,5)6/h7-12,18-19,23-24,31-34H,13-17H2,1-6H3,(H,41,44)/t23-,24-,31-,32-,33+,34+/m1/s1. The molecule has 0 spiro atoms. The van der Waals surface area contributed by atoms with E-state index in [2.05, 4.69) is 40.3 Å². The minimum atomic E-state index is -0.551. The van der Waals surface area contributed by atoms with E-state index in [0.29, 0.717) is 17.5 Å². The maximum atomic E-state index is 13.1. The third-order valence-corrected chi connectivity index (χ3v) is 10.6. The number of imidazole rings is 1. The van der Waals surface area contributed by atoms with Gasteiger partial charge in [-0.15, -0.1) is 0 Å². The summed E-state index contributed by atoms with van der Waals surface area (Å²) in [4.78, 5) is 52.8. The first-order valence-corrected chi connectivity index (χ1v) is 17.8. The first-order valence-electron chi connectivity index (χ1n) is 17.8. The van der Waals surface area contributed by atoms with Crippen molar-refractivity contribution in [2.24, 2.45) is 16.8 Å². The van der Waals surface area contributed by atoms with E-state index in [4.69, 9.17) is 24.4 Å². The van der Waals surface area contributed by atoms with E-state index in [1.54, 1.807) is 12.4 Å². The molecule has 2 saturated carbocycles. The monoisotopic (exact) mass is 673 g/mol. The van der Waals surface area contributed by atoms with Crippen LogP contribution in [0.2, 0.25) is 0 Å². The van der Waals surface area contributed by atoms with E-state index in [0.717, 1.165) is 77.2 Å². The highest BCUT2D eigenvalue weighted by atomic mass is 16.6.